The molecule has 3 aromatic rings. The molecule has 47 heavy (non-hydrogen) atoms. The Morgan fingerprint density at radius 3 is 2.17 bits per heavy atom. The maximum Gasteiger partial charge on any atom is 0.235 e. The van der Waals surface area contributed by atoms with Crippen molar-refractivity contribution in [2.45, 2.75) is 101 Å². The van der Waals surface area contributed by atoms with E-state index in [9.17, 15) is 23.3 Å². The fraction of sp³-hybridized carbons (Fsp3) is 0.447. The van der Waals surface area contributed by atoms with Crippen molar-refractivity contribution in [3.05, 3.63) is 94.0 Å². The number of ketones is 1. The number of rotatable bonds is 12. The topological polar surface area (TPSA) is 142 Å². The molecule has 0 aliphatic carbocycles. The van der Waals surface area contributed by atoms with Crippen LogP contribution in [0.1, 0.15) is 106 Å². The minimum atomic E-state index is -4.10. The number of nitrogens with two attached hydrogens (primary N) is 1. The molecule has 0 saturated carbocycles. The van der Waals surface area contributed by atoms with Crippen molar-refractivity contribution in [1.29, 1.82) is 5.26 Å². The van der Waals surface area contributed by atoms with Gasteiger partial charge in [-0.3, -0.25) is 9.59 Å². The van der Waals surface area contributed by atoms with Gasteiger partial charge in [-0.2, -0.15) is 5.26 Å². The van der Waals surface area contributed by atoms with E-state index in [-0.39, 0.29) is 58.2 Å². The molecule has 250 valence electrons. The first-order valence-electron chi connectivity index (χ1n) is 16.5. The van der Waals surface area contributed by atoms with Crippen LogP contribution in [0.2, 0.25) is 0 Å². The second-order valence-electron chi connectivity index (χ2n) is 13.6. The second kappa shape index (κ2) is 14.9. The summed E-state index contributed by atoms with van der Waals surface area (Å²) < 4.78 is 29.2. The van der Waals surface area contributed by atoms with Crippen LogP contribution in [0.25, 0.3) is 0 Å². The van der Waals surface area contributed by atoms with Gasteiger partial charge in [0.1, 0.15) is 5.41 Å². The van der Waals surface area contributed by atoms with Crippen LogP contribution in [0.3, 0.4) is 0 Å². The van der Waals surface area contributed by atoms with E-state index in [2.05, 4.69) is 44.4 Å². The Hall–Kier alpha value is -3.84. The number of amides is 1. The number of benzene rings is 3. The van der Waals surface area contributed by atoms with Crippen molar-refractivity contribution < 1.29 is 18.0 Å². The number of carbonyl (C=O) groups excluding carboxylic acids is 2. The average Bonchev–Trinajstić information content (AvgIpc) is 3.06. The SMILES string of the molecule is CC(C)c1ccc(S(=O)(=O)c2ccc(C#N)cc2C[C@H](N)C(=O)C2(C(=O)NCc3ccccc3)CCCNC2)c(C(C)C)c1C(C)C. The first kappa shape index (κ1) is 36.0. The summed E-state index contributed by atoms with van der Waals surface area (Å²) in [4.78, 5) is 28.1. The molecule has 8 nitrogen and oxygen atoms in total. The maximum absolute atomic E-state index is 14.6. The maximum atomic E-state index is 14.6. The standard InChI is InChI=1S/C38H48N4O4S/c1-24(2)30-14-16-33(35(26(5)6)34(30)25(3)4)47(45,46)32-15-13-28(21-39)19-29(32)20-31(40)36(43)38(17-10-18-41-23-38)37(44)42-22-27-11-8-7-9-12-27/h7-9,11-16,19,24-26,31,41H,10,17-18,20,22-23,40H2,1-6H3,(H,42,44)/t31-,38?/m0/s1. The van der Waals surface area contributed by atoms with E-state index in [1.165, 1.54) is 18.2 Å². The lowest BCUT2D eigenvalue weighted by molar-refractivity contribution is -0.144. The molecular formula is C38H48N4O4S. The molecule has 0 spiro atoms. The van der Waals surface area contributed by atoms with Gasteiger partial charge in [-0.05, 0) is 95.6 Å². The minimum absolute atomic E-state index is 0.0120. The lowest BCUT2D eigenvalue weighted by Crippen LogP contribution is -2.59. The quantitative estimate of drug-likeness (QED) is 0.207. The highest BCUT2D eigenvalue weighted by molar-refractivity contribution is 7.91. The number of piperidine rings is 1. The first-order valence-corrected chi connectivity index (χ1v) is 18.0. The predicted octanol–water partition coefficient (Wildman–Crippen LogP) is 5.89. The van der Waals surface area contributed by atoms with E-state index in [1.54, 1.807) is 6.07 Å². The lowest BCUT2D eigenvalue weighted by atomic mass is 9.73. The van der Waals surface area contributed by atoms with E-state index in [1.807, 2.05) is 50.2 Å². The molecule has 1 aliphatic rings. The number of sulfone groups is 1. The summed E-state index contributed by atoms with van der Waals surface area (Å²) in [7, 11) is -4.10. The number of nitrogens with zero attached hydrogens (tertiary/aromatic N) is 1. The number of hydrogen-bond acceptors (Lipinski definition) is 7. The normalized spacial score (nSPS) is 17.5. The van der Waals surface area contributed by atoms with Crippen LogP contribution in [0.15, 0.2) is 70.5 Å². The van der Waals surface area contributed by atoms with Gasteiger partial charge in [-0.15, -0.1) is 0 Å². The highest BCUT2D eigenvalue weighted by Gasteiger charge is 2.48. The third kappa shape index (κ3) is 7.51. The zero-order valence-corrected chi connectivity index (χ0v) is 29.2. The summed E-state index contributed by atoms with van der Waals surface area (Å²) in [6.45, 7) is 13.4. The predicted molar refractivity (Wildman–Crippen MR) is 185 cm³/mol. The van der Waals surface area contributed by atoms with Crippen molar-refractivity contribution in [2.24, 2.45) is 11.1 Å². The zero-order valence-electron chi connectivity index (χ0n) is 28.4. The van der Waals surface area contributed by atoms with Crippen LogP contribution >= 0.6 is 0 Å². The Kier molecular flexibility index (Phi) is 11.4. The Balaban J connectivity index is 1.75. The highest BCUT2D eigenvalue weighted by Crippen LogP contribution is 2.40. The fourth-order valence-electron chi connectivity index (χ4n) is 6.85. The largest absolute Gasteiger partial charge is 0.351 e. The third-order valence-corrected chi connectivity index (χ3v) is 11.1. The van der Waals surface area contributed by atoms with Gasteiger partial charge < -0.3 is 16.4 Å². The number of nitrogens with one attached hydrogen (secondary N) is 2. The molecule has 1 unspecified atom stereocenters. The van der Waals surface area contributed by atoms with Crippen LogP contribution < -0.4 is 16.4 Å². The summed E-state index contributed by atoms with van der Waals surface area (Å²) in [5.74, 6) is -0.620. The van der Waals surface area contributed by atoms with E-state index >= 15 is 0 Å². The molecule has 0 aromatic heterocycles. The molecule has 3 aromatic carbocycles. The van der Waals surface area contributed by atoms with Gasteiger partial charge in [-0.1, -0.05) is 77.9 Å². The summed E-state index contributed by atoms with van der Waals surface area (Å²) in [5, 5.41) is 15.9. The number of hydrogen-bond donors (Lipinski definition) is 3. The van der Waals surface area contributed by atoms with Crippen LogP contribution in [-0.2, 0) is 32.4 Å². The van der Waals surface area contributed by atoms with Gasteiger partial charge in [-0.25, -0.2) is 8.42 Å². The van der Waals surface area contributed by atoms with Crippen LogP contribution in [0.5, 0.6) is 0 Å². The molecule has 4 N–H and O–H groups in total. The van der Waals surface area contributed by atoms with E-state index in [4.69, 9.17) is 5.73 Å². The number of carbonyl (C=O) groups is 2. The molecule has 1 aliphatic heterocycles. The highest BCUT2D eigenvalue weighted by atomic mass is 32.2. The number of Topliss-reactive ketones (excluding diaryl/α,β-unsaturated/α-hetero) is 1. The Bertz CT molecular complexity index is 1750. The molecule has 1 heterocycles. The summed E-state index contributed by atoms with van der Waals surface area (Å²) in [6.07, 6.45) is 0.798. The summed E-state index contributed by atoms with van der Waals surface area (Å²) in [6, 6.07) is 18.4. The zero-order chi connectivity index (χ0) is 34.5. The van der Waals surface area contributed by atoms with Crippen molar-refractivity contribution in [1.82, 2.24) is 10.6 Å². The molecule has 1 fully saturated rings. The van der Waals surface area contributed by atoms with Gasteiger partial charge in [0.05, 0.1) is 27.5 Å². The fourth-order valence-corrected chi connectivity index (χ4v) is 8.71. The molecular weight excluding hydrogens is 609 g/mol. The molecule has 0 bridgehead atoms. The van der Waals surface area contributed by atoms with Crippen molar-refractivity contribution >= 4 is 21.5 Å². The van der Waals surface area contributed by atoms with E-state index in [0.717, 1.165) is 22.3 Å². The Labute approximate surface area is 280 Å². The molecule has 9 heteroatoms. The molecule has 4 rings (SSSR count). The molecule has 1 amide bonds. The third-order valence-electron chi connectivity index (χ3n) is 9.19. The van der Waals surface area contributed by atoms with Gasteiger partial charge in [0, 0.05) is 13.1 Å². The van der Waals surface area contributed by atoms with Crippen molar-refractivity contribution in [3.8, 4) is 6.07 Å². The van der Waals surface area contributed by atoms with Gasteiger partial charge in [0.2, 0.25) is 15.7 Å². The Morgan fingerprint density at radius 2 is 1.60 bits per heavy atom. The van der Waals surface area contributed by atoms with Crippen molar-refractivity contribution in [2.75, 3.05) is 13.1 Å². The van der Waals surface area contributed by atoms with Gasteiger partial charge in [0.25, 0.3) is 0 Å². The van der Waals surface area contributed by atoms with Gasteiger partial charge >= 0.3 is 0 Å². The average molecular weight is 657 g/mol. The monoisotopic (exact) mass is 656 g/mol. The summed E-state index contributed by atoms with van der Waals surface area (Å²) in [5.41, 5.74) is 9.59. The van der Waals surface area contributed by atoms with Crippen LogP contribution in [-0.4, -0.2) is 39.2 Å². The molecule has 1 saturated heterocycles. The van der Waals surface area contributed by atoms with Crippen LogP contribution in [0, 0.1) is 16.7 Å². The van der Waals surface area contributed by atoms with Gasteiger partial charge in [0.15, 0.2) is 5.78 Å². The summed E-state index contributed by atoms with van der Waals surface area (Å²) >= 11 is 0. The lowest BCUT2D eigenvalue weighted by Gasteiger charge is -2.36. The molecule has 0 radical (unpaired) electrons. The number of nitriles is 1. The Morgan fingerprint density at radius 1 is 0.936 bits per heavy atom. The van der Waals surface area contributed by atoms with Crippen LogP contribution in [0.4, 0.5) is 0 Å². The van der Waals surface area contributed by atoms with E-state index in [0.29, 0.717) is 19.4 Å². The molecule has 2 atom stereocenters. The van der Waals surface area contributed by atoms with Crippen molar-refractivity contribution in [3.63, 3.8) is 0 Å². The smallest absolute Gasteiger partial charge is 0.235 e. The minimum Gasteiger partial charge on any atom is -0.351 e. The second-order valence-corrected chi connectivity index (χ2v) is 15.5. The first-order chi connectivity index (χ1) is 22.2. The van der Waals surface area contributed by atoms with E-state index < -0.39 is 33.0 Å².